The second kappa shape index (κ2) is 4.55. The third kappa shape index (κ3) is 1.73. The van der Waals surface area contributed by atoms with Gasteiger partial charge in [-0.1, -0.05) is 25.5 Å². The summed E-state index contributed by atoms with van der Waals surface area (Å²) in [7, 11) is 0. The summed E-state index contributed by atoms with van der Waals surface area (Å²) >= 11 is 0. The molecule has 0 saturated heterocycles. The molecule has 22 heavy (non-hydrogen) atoms. The number of carbonyl (C=O) groups is 1. The lowest BCUT2D eigenvalue weighted by Gasteiger charge is -2.58. The van der Waals surface area contributed by atoms with E-state index in [0.717, 1.165) is 31.3 Å². The van der Waals surface area contributed by atoms with E-state index >= 15 is 0 Å². The van der Waals surface area contributed by atoms with Gasteiger partial charge in [0.1, 0.15) is 0 Å². The van der Waals surface area contributed by atoms with E-state index in [2.05, 4.69) is 19.9 Å². The van der Waals surface area contributed by atoms with Crippen molar-refractivity contribution in [2.45, 2.75) is 58.2 Å². The number of allylic oxidation sites excluding steroid dienone is 3. The molecule has 0 amide bonds. The van der Waals surface area contributed by atoms with Gasteiger partial charge in [-0.05, 0) is 67.4 Å². The van der Waals surface area contributed by atoms with Crippen molar-refractivity contribution in [3.8, 4) is 0 Å². The van der Waals surface area contributed by atoms with Gasteiger partial charge < -0.3 is 10.2 Å². The third-order valence-electron chi connectivity index (χ3n) is 7.53. The van der Waals surface area contributed by atoms with Crippen LogP contribution in [0, 0.1) is 28.6 Å². The fourth-order valence-corrected chi connectivity index (χ4v) is 6.14. The normalized spacial score (nSPS) is 53.5. The van der Waals surface area contributed by atoms with Gasteiger partial charge in [0.25, 0.3) is 0 Å². The van der Waals surface area contributed by atoms with Gasteiger partial charge in [-0.3, -0.25) is 4.79 Å². The van der Waals surface area contributed by atoms with Crippen LogP contribution < -0.4 is 0 Å². The zero-order valence-corrected chi connectivity index (χ0v) is 13.5. The van der Waals surface area contributed by atoms with E-state index < -0.39 is 0 Å². The minimum Gasteiger partial charge on any atom is -0.393 e. The van der Waals surface area contributed by atoms with Gasteiger partial charge in [-0.15, -0.1) is 0 Å². The van der Waals surface area contributed by atoms with E-state index in [4.69, 9.17) is 0 Å². The average Bonchev–Trinajstić information content (AvgIpc) is 2.77. The predicted molar refractivity (Wildman–Crippen MR) is 84.0 cm³/mol. The monoisotopic (exact) mass is 302 g/mol. The Morgan fingerprint density at radius 2 is 1.91 bits per heavy atom. The van der Waals surface area contributed by atoms with Gasteiger partial charge >= 0.3 is 0 Å². The molecule has 0 aromatic heterocycles. The van der Waals surface area contributed by atoms with Crippen LogP contribution in [-0.2, 0) is 4.79 Å². The van der Waals surface area contributed by atoms with Crippen molar-refractivity contribution < 1.29 is 15.0 Å². The first-order valence-corrected chi connectivity index (χ1v) is 8.66. The van der Waals surface area contributed by atoms with Gasteiger partial charge in [-0.2, -0.15) is 0 Å². The summed E-state index contributed by atoms with van der Waals surface area (Å²) in [6.07, 6.45) is 9.48. The highest BCUT2D eigenvalue weighted by atomic mass is 16.3. The largest absolute Gasteiger partial charge is 0.393 e. The molecule has 120 valence electrons. The standard InChI is InChI=1S/C19H26O3/c1-18-7-5-12(20)9-11(18)10-15(21)17-13-3-4-16(22)19(13,2)8-6-14(17)18/h5,7,9,13-17,21-22H,3-4,6,8,10H2,1-2H3/t13-,14+,15?,16?,17-,18-,19-/m0/s1. The molecule has 3 fully saturated rings. The molecular formula is C19H26O3. The first-order chi connectivity index (χ1) is 10.4. The van der Waals surface area contributed by atoms with Gasteiger partial charge in [0.15, 0.2) is 5.78 Å². The minimum absolute atomic E-state index is 0.0338. The Morgan fingerprint density at radius 3 is 2.68 bits per heavy atom. The lowest BCUT2D eigenvalue weighted by atomic mass is 9.47. The van der Waals surface area contributed by atoms with E-state index in [0.29, 0.717) is 18.3 Å². The molecule has 0 heterocycles. The second-order valence-corrected chi connectivity index (χ2v) is 8.39. The Balaban J connectivity index is 1.75. The number of ketones is 1. The van der Waals surface area contributed by atoms with Crippen molar-refractivity contribution >= 4 is 5.78 Å². The molecule has 0 aromatic carbocycles. The van der Waals surface area contributed by atoms with Crippen molar-refractivity contribution in [2.75, 3.05) is 0 Å². The van der Waals surface area contributed by atoms with Crippen LogP contribution in [0.4, 0.5) is 0 Å². The molecular weight excluding hydrogens is 276 g/mol. The summed E-state index contributed by atoms with van der Waals surface area (Å²) in [5, 5.41) is 21.3. The smallest absolute Gasteiger partial charge is 0.178 e. The summed E-state index contributed by atoms with van der Waals surface area (Å²) in [6.45, 7) is 4.45. The lowest BCUT2D eigenvalue weighted by molar-refractivity contribution is -0.114. The number of aliphatic hydroxyl groups excluding tert-OH is 2. The molecule has 3 heteroatoms. The topological polar surface area (TPSA) is 57.5 Å². The second-order valence-electron chi connectivity index (χ2n) is 8.39. The van der Waals surface area contributed by atoms with Gasteiger partial charge in [-0.25, -0.2) is 0 Å². The molecule has 2 N–H and O–H groups in total. The fourth-order valence-electron chi connectivity index (χ4n) is 6.14. The number of aliphatic hydroxyl groups is 2. The molecule has 0 aromatic rings. The van der Waals surface area contributed by atoms with E-state index in [1.807, 2.05) is 0 Å². The first-order valence-electron chi connectivity index (χ1n) is 8.66. The molecule has 4 rings (SSSR count). The van der Waals surface area contributed by atoms with E-state index in [9.17, 15) is 15.0 Å². The minimum atomic E-state index is -0.376. The Bertz CT molecular complexity index is 577. The number of rotatable bonds is 0. The summed E-state index contributed by atoms with van der Waals surface area (Å²) < 4.78 is 0. The molecule has 0 bridgehead atoms. The molecule has 2 unspecified atom stereocenters. The third-order valence-corrected chi connectivity index (χ3v) is 7.53. The number of fused-ring (bicyclic) bond motifs is 5. The van der Waals surface area contributed by atoms with Crippen LogP contribution in [0.15, 0.2) is 23.8 Å². The van der Waals surface area contributed by atoms with Gasteiger partial charge in [0.2, 0.25) is 0 Å². The van der Waals surface area contributed by atoms with E-state index in [-0.39, 0.29) is 34.7 Å². The highest BCUT2D eigenvalue weighted by Crippen LogP contribution is 2.64. The predicted octanol–water partition coefficient (Wildman–Crippen LogP) is 2.63. The maximum atomic E-state index is 11.7. The zero-order valence-electron chi connectivity index (χ0n) is 13.5. The maximum Gasteiger partial charge on any atom is 0.178 e. The number of carbonyl (C=O) groups excluding carboxylic acids is 1. The van der Waals surface area contributed by atoms with Crippen molar-refractivity contribution in [1.29, 1.82) is 0 Å². The maximum absolute atomic E-state index is 11.7. The first kappa shape index (κ1) is 14.6. The van der Waals surface area contributed by atoms with Crippen molar-refractivity contribution in [3.05, 3.63) is 23.8 Å². The molecule has 0 aliphatic heterocycles. The van der Waals surface area contributed by atoms with Crippen LogP contribution in [0.25, 0.3) is 0 Å². The van der Waals surface area contributed by atoms with Crippen LogP contribution in [0.2, 0.25) is 0 Å². The molecule has 0 spiro atoms. The molecule has 4 aliphatic rings. The van der Waals surface area contributed by atoms with Gasteiger partial charge in [0, 0.05) is 5.41 Å². The molecule has 3 saturated carbocycles. The van der Waals surface area contributed by atoms with Crippen LogP contribution in [0.3, 0.4) is 0 Å². The molecule has 4 aliphatic carbocycles. The van der Waals surface area contributed by atoms with Crippen molar-refractivity contribution in [3.63, 3.8) is 0 Å². The SMILES string of the molecule is C[C@]12C=CC(=O)C=C1CC(O)[C@@H]1[C@H]2CC[C@]2(C)C(O)CC[C@@H]12. The van der Waals surface area contributed by atoms with Crippen LogP contribution in [0.1, 0.15) is 46.0 Å². The lowest BCUT2D eigenvalue weighted by Crippen LogP contribution is -2.55. The van der Waals surface area contributed by atoms with Crippen LogP contribution >= 0.6 is 0 Å². The molecule has 7 atom stereocenters. The Kier molecular flexibility index (Phi) is 3.03. The summed E-state index contributed by atoms with van der Waals surface area (Å²) in [6, 6.07) is 0. The van der Waals surface area contributed by atoms with Crippen LogP contribution in [0.5, 0.6) is 0 Å². The summed E-state index contributed by atoms with van der Waals surface area (Å²) in [5.41, 5.74) is 0.983. The van der Waals surface area contributed by atoms with Crippen LogP contribution in [-0.4, -0.2) is 28.2 Å². The Morgan fingerprint density at radius 1 is 1.14 bits per heavy atom. The Hall–Kier alpha value is -0.930. The fraction of sp³-hybridized carbons (Fsp3) is 0.737. The highest BCUT2D eigenvalue weighted by Gasteiger charge is 2.60. The zero-order chi connectivity index (χ0) is 15.7. The number of hydrogen-bond acceptors (Lipinski definition) is 3. The van der Waals surface area contributed by atoms with E-state index in [1.54, 1.807) is 12.2 Å². The quantitative estimate of drug-likeness (QED) is 0.723. The average molecular weight is 302 g/mol. The van der Waals surface area contributed by atoms with Crippen molar-refractivity contribution in [2.24, 2.45) is 28.6 Å². The molecule has 3 nitrogen and oxygen atoms in total. The highest BCUT2D eigenvalue weighted by molar-refractivity contribution is 6.01. The molecule has 0 radical (unpaired) electrons. The summed E-state index contributed by atoms with van der Waals surface area (Å²) in [4.78, 5) is 11.7. The number of hydrogen-bond donors (Lipinski definition) is 2. The Labute approximate surface area is 132 Å². The van der Waals surface area contributed by atoms with E-state index in [1.165, 1.54) is 0 Å². The van der Waals surface area contributed by atoms with Gasteiger partial charge in [0.05, 0.1) is 12.2 Å². The van der Waals surface area contributed by atoms with Crippen molar-refractivity contribution in [1.82, 2.24) is 0 Å². The summed E-state index contributed by atoms with van der Waals surface area (Å²) in [5.74, 6) is 1.09.